The first-order chi connectivity index (χ1) is 8.34. The number of pyridine rings is 1. The quantitative estimate of drug-likeness (QED) is 0.740. The SMILES string of the molecule is CN1CCc2c(cccc2-c2cccnc2)C1. The van der Waals surface area contributed by atoms with Gasteiger partial charge in [0, 0.05) is 31.0 Å². The molecule has 0 saturated carbocycles. The molecule has 0 radical (unpaired) electrons. The maximum Gasteiger partial charge on any atom is 0.0346 e. The van der Waals surface area contributed by atoms with Crippen LogP contribution in [0.25, 0.3) is 11.1 Å². The Labute approximate surface area is 102 Å². The van der Waals surface area contributed by atoms with Crippen LogP contribution in [0.2, 0.25) is 0 Å². The summed E-state index contributed by atoms with van der Waals surface area (Å²) < 4.78 is 0. The zero-order valence-corrected chi connectivity index (χ0v) is 10.1. The number of fused-ring (bicyclic) bond motifs is 1. The van der Waals surface area contributed by atoms with Crippen LogP contribution in [0.1, 0.15) is 11.1 Å². The molecular weight excluding hydrogens is 208 g/mol. The lowest BCUT2D eigenvalue weighted by atomic mass is 9.91. The Morgan fingerprint density at radius 1 is 1.18 bits per heavy atom. The topological polar surface area (TPSA) is 16.1 Å². The van der Waals surface area contributed by atoms with Crippen LogP contribution in [0.4, 0.5) is 0 Å². The third-order valence-corrected chi connectivity index (χ3v) is 3.43. The molecule has 3 rings (SSSR count). The van der Waals surface area contributed by atoms with Crippen molar-refractivity contribution in [2.24, 2.45) is 0 Å². The van der Waals surface area contributed by atoms with Gasteiger partial charge in [0.05, 0.1) is 0 Å². The summed E-state index contributed by atoms with van der Waals surface area (Å²) in [4.78, 5) is 6.58. The summed E-state index contributed by atoms with van der Waals surface area (Å²) in [5.41, 5.74) is 5.54. The fourth-order valence-electron chi connectivity index (χ4n) is 2.54. The molecule has 0 bridgehead atoms. The average molecular weight is 224 g/mol. The second-order valence-corrected chi connectivity index (χ2v) is 4.67. The molecule has 0 N–H and O–H groups in total. The van der Waals surface area contributed by atoms with Crippen molar-refractivity contribution in [3.05, 3.63) is 53.9 Å². The van der Waals surface area contributed by atoms with Crippen LogP contribution in [0, 0.1) is 0 Å². The highest BCUT2D eigenvalue weighted by atomic mass is 15.1. The fourth-order valence-corrected chi connectivity index (χ4v) is 2.54. The molecule has 0 amide bonds. The molecule has 0 saturated heterocycles. The Morgan fingerprint density at radius 2 is 2.12 bits per heavy atom. The van der Waals surface area contributed by atoms with Gasteiger partial charge < -0.3 is 4.90 Å². The van der Waals surface area contributed by atoms with Gasteiger partial charge in [-0.1, -0.05) is 24.3 Å². The van der Waals surface area contributed by atoms with Crippen LogP contribution in [-0.2, 0) is 13.0 Å². The highest BCUT2D eigenvalue weighted by Gasteiger charge is 2.16. The monoisotopic (exact) mass is 224 g/mol. The van der Waals surface area contributed by atoms with Gasteiger partial charge >= 0.3 is 0 Å². The highest BCUT2D eigenvalue weighted by molar-refractivity contribution is 5.68. The zero-order valence-electron chi connectivity index (χ0n) is 10.1. The predicted octanol–water partition coefficient (Wildman–Crippen LogP) is 2.74. The summed E-state index contributed by atoms with van der Waals surface area (Å²) in [6.07, 6.45) is 4.91. The van der Waals surface area contributed by atoms with Gasteiger partial charge in [0.25, 0.3) is 0 Å². The van der Waals surface area contributed by atoms with Crippen LogP contribution in [-0.4, -0.2) is 23.5 Å². The molecule has 0 unspecified atom stereocenters. The molecule has 2 nitrogen and oxygen atoms in total. The van der Waals surface area contributed by atoms with E-state index in [9.17, 15) is 0 Å². The first kappa shape index (κ1) is 10.5. The van der Waals surface area contributed by atoms with Crippen LogP contribution in [0.15, 0.2) is 42.7 Å². The molecule has 2 heterocycles. The van der Waals surface area contributed by atoms with Crippen molar-refractivity contribution in [3.8, 4) is 11.1 Å². The Balaban J connectivity index is 2.10. The van der Waals surface area contributed by atoms with Crippen LogP contribution >= 0.6 is 0 Å². The highest BCUT2D eigenvalue weighted by Crippen LogP contribution is 2.29. The molecule has 0 atom stereocenters. The number of benzene rings is 1. The minimum atomic E-state index is 1.06. The van der Waals surface area contributed by atoms with Gasteiger partial charge in [-0.15, -0.1) is 0 Å². The molecule has 17 heavy (non-hydrogen) atoms. The van der Waals surface area contributed by atoms with Gasteiger partial charge in [-0.25, -0.2) is 0 Å². The lowest BCUT2D eigenvalue weighted by Crippen LogP contribution is -2.26. The standard InChI is InChI=1S/C15H16N2/c1-17-9-7-15-13(11-17)4-2-6-14(15)12-5-3-8-16-10-12/h2-6,8,10H,7,9,11H2,1H3. The van der Waals surface area contributed by atoms with Gasteiger partial charge in [0.15, 0.2) is 0 Å². The summed E-state index contributed by atoms with van der Waals surface area (Å²) in [6.45, 7) is 2.20. The Bertz CT molecular complexity index is 520. The van der Waals surface area contributed by atoms with E-state index < -0.39 is 0 Å². The molecule has 0 fully saturated rings. The van der Waals surface area contributed by atoms with Crippen molar-refractivity contribution in [2.75, 3.05) is 13.6 Å². The first-order valence-electron chi connectivity index (χ1n) is 6.04. The Hall–Kier alpha value is -1.67. The average Bonchev–Trinajstić information content (AvgIpc) is 2.39. The molecule has 1 aromatic carbocycles. The van der Waals surface area contributed by atoms with Gasteiger partial charge in [0.2, 0.25) is 0 Å². The summed E-state index contributed by atoms with van der Waals surface area (Å²) >= 11 is 0. The second kappa shape index (κ2) is 4.30. The van der Waals surface area contributed by atoms with Crippen LogP contribution in [0.3, 0.4) is 0 Å². The van der Waals surface area contributed by atoms with Gasteiger partial charge in [-0.05, 0) is 36.2 Å². The molecule has 1 aromatic heterocycles. The van der Waals surface area contributed by atoms with E-state index in [1.165, 1.54) is 22.3 Å². The molecular formula is C15H16N2. The third-order valence-electron chi connectivity index (χ3n) is 3.43. The minimum absolute atomic E-state index is 1.06. The van der Waals surface area contributed by atoms with Crippen molar-refractivity contribution in [3.63, 3.8) is 0 Å². The minimum Gasteiger partial charge on any atom is -0.302 e. The predicted molar refractivity (Wildman–Crippen MR) is 69.7 cm³/mol. The van der Waals surface area contributed by atoms with Crippen molar-refractivity contribution >= 4 is 0 Å². The number of rotatable bonds is 1. The molecule has 0 spiro atoms. The summed E-state index contributed by atoms with van der Waals surface area (Å²) in [5.74, 6) is 0. The number of likely N-dealkylation sites (N-methyl/N-ethyl adjacent to an activating group) is 1. The van der Waals surface area contributed by atoms with E-state index in [2.05, 4.69) is 41.2 Å². The summed E-state index contributed by atoms with van der Waals surface area (Å²) in [5, 5.41) is 0. The molecule has 0 aliphatic carbocycles. The molecule has 1 aliphatic rings. The van der Waals surface area contributed by atoms with E-state index in [0.29, 0.717) is 0 Å². The zero-order chi connectivity index (χ0) is 11.7. The number of hydrogen-bond donors (Lipinski definition) is 0. The molecule has 2 heteroatoms. The van der Waals surface area contributed by atoms with Gasteiger partial charge in [0.1, 0.15) is 0 Å². The smallest absolute Gasteiger partial charge is 0.0346 e. The molecule has 86 valence electrons. The van der Waals surface area contributed by atoms with E-state index in [-0.39, 0.29) is 0 Å². The number of hydrogen-bond acceptors (Lipinski definition) is 2. The summed E-state index contributed by atoms with van der Waals surface area (Å²) in [6, 6.07) is 10.7. The van der Waals surface area contributed by atoms with Crippen molar-refractivity contribution in [2.45, 2.75) is 13.0 Å². The summed E-state index contributed by atoms with van der Waals surface area (Å²) in [7, 11) is 2.18. The van der Waals surface area contributed by atoms with Gasteiger partial charge in [-0.2, -0.15) is 0 Å². The maximum absolute atomic E-state index is 4.21. The van der Waals surface area contributed by atoms with E-state index in [0.717, 1.165) is 19.5 Å². The normalized spacial score (nSPS) is 15.6. The van der Waals surface area contributed by atoms with Crippen molar-refractivity contribution < 1.29 is 0 Å². The largest absolute Gasteiger partial charge is 0.302 e. The fraction of sp³-hybridized carbons (Fsp3) is 0.267. The first-order valence-corrected chi connectivity index (χ1v) is 6.04. The van der Waals surface area contributed by atoms with Gasteiger partial charge in [-0.3, -0.25) is 4.98 Å². The maximum atomic E-state index is 4.21. The molecule has 2 aromatic rings. The lowest BCUT2D eigenvalue weighted by Gasteiger charge is -2.26. The second-order valence-electron chi connectivity index (χ2n) is 4.67. The van der Waals surface area contributed by atoms with E-state index >= 15 is 0 Å². The lowest BCUT2D eigenvalue weighted by molar-refractivity contribution is 0.313. The Kier molecular flexibility index (Phi) is 2.65. The Morgan fingerprint density at radius 3 is 2.94 bits per heavy atom. The van der Waals surface area contributed by atoms with Crippen LogP contribution in [0.5, 0.6) is 0 Å². The van der Waals surface area contributed by atoms with Crippen LogP contribution < -0.4 is 0 Å². The van der Waals surface area contributed by atoms with E-state index in [1.54, 1.807) is 0 Å². The molecule has 1 aliphatic heterocycles. The number of aromatic nitrogens is 1. The van der Waals surface area contributed by atoms with Crippen molar-refractivity contribution in [1.82, 2.24) is 9.88 Å². The third kappa shape index (κ3) is 1.96. The number of nitrogens with zero attached hydrogens (tertiary/aromatic N) is 2. The van der Waals surface area contributed by atoms with E-state index in [1.807, 2.05) is 18.5 Å². The van der Waals surface area contributed by atoms with E-state index in [4.69, 9.17) is 0 Å². The van der Waals surface area contributed by atoms with Crippen molar-refractivity contribution in [1.29, 1.82) is 0 Å².